The molecule has 5 heterocycles. The van der Waals surface area contributed by atoms with Gasteiger partial charge in [0.2, 0.25) is 0 Å². The minimum atomic E-state index is -4.65. The summed E-state index contributed by atoms with van der Waals surface area (Å²) in [6, 6.07) is 0. The third-order valence-electron chi connectivity index (χ3n) is 5.72. The van der Waals surface area contributed by atoms with Crippen LogP contribution in [-0.4, -0.2) is 50.2 Å². The Kier molecular flexibility index (Phi) is 5.82. The van der Waals surface area contributed by atoms with Gasteiger partial charge in [-0.2, -0.15) is 0 Å². The molecule has 0 unspecified atom stereocenters. The molecule has 0 radical (unpaired) electrons. The number of ether oxygens (including phenoxy) is 1. The summed E-state index contributed by atoms with van der Waals surface area (Å²) in [6.45, 7) is 2.14. The van der Waals surface area contributed by atoms with Gasteiger partial charge in [0.15, 0.2) is 11.5 Å². The standard InChI is InChI=1S/C14H15N5O.C8H7F3N2O/c20-14(9-1-2-9)11-5-16-13(6-15-11)19-4-3-10-12(7-19)18-8-17-10;9-8(10,11)14-7-2-1-5-13-6(7)3-4-12-13/h5-6,8-9H,1-4,7H2,(H,17,18);1-3,5,12H,4H2. The number of aromatic nitrogens is 4. The zero-order valence-electron chi connectivity index (χ0n) is 18.0. The molecule has 178 valence electrons. The third-order valence-corrected chi connectivity index (χ3v) is 5.72. The van der Waals surface area contributed by atoms with Gasteiger partial charge in [0.25, 0.3) is 0 Å². The Hall–Kier alpha value is -3.67. The number of carbonyl (C=O) groups is 1. The number of ketones is 1. The van der Waals surface area contributed by atoms with Crippen LogP contribution in [0.1, 0.15) is 34.7 Å². The molecule has 1 saturated carbocycles. The number of rotatable bonds is 4. The van der Waals surface area contributed by atoms with E-state index in [-0.39, 0.29) is 17.5 Å². The number of carbonyl (C=O) groups excluding carboxylic acids is 1. The Morgan fingerprint density at radius 1 is 1.18 bits per heavy atom. The highest BCUT2D eigenvalue weighted by molar-refractivity contribution is 5.97. The molecule has 0 bridgehead atoms. The number of hydrazine groups is 1. The molecule has 1 aliphatic carbocycles. The van der Waals surface area contributed by atoms with Gasteiger partial charge in [-0.15, -0.1) is 13.2 Å². The molecule has 0 atom stereocenters. The average molecular weight is 473 g/mol. The van der Waals surface area contributed by atoms with E-state index < -0.39 is 6.36 Å². The summed E-state index contributed by atoms with van der Waals surface area (Å²) in [5.41, 5.74) is 6.00. The van der Waals surface area contributed by atoms with Gasteiger partial charge in [0, 0.05) is 31.6 Å². The highest BCUT2D eigenvalue weighted by Gasteiger charge is 2.35. The second kappa shape index (κ2) is 8.93. The van der Waals surface area contributed by atoms with Gasteiger partial charge in [0.1, 0.15) is 11.5 Å². The minimum absolute atomic E-state index is 0.138. The molecule has 1 fully saturated rings. The van der Waals surface area contributed by atoms with E-state index in [9.17, 15) is 18.0 Å². The topological polar surface area (TPSA) is 99.3 Å². The fourth-order valence-electron chi connectivity index (χ4n) is 3.86. The van der Waals surface area contributed by atoms with Gasteiger partial charge in [-0.3, -0.25) is 9.80 Å². The molecule has 34 heavy (non-hydrogen) atoms. The molecular weight excluding hydrogens is 451 g/mol. The zero-order chi connectivity index (χ0) is 23.7. The van der Waals surface area contributed by atoms with Crippen molar-refractivity contribution < 1.29 is 22.7 Å². The molecule has 6 rings (SSSR count). The number of nitrogens with one attached hydrogen (secondary N) is 2. The number of nitrogens with zero attached hydrogens (tertiary/aromatic N) is 5. The first kappa shape index (κ1) is 22.1. The van der Waals surface area contributed by atoms with Crippen LogP contribution in [0.25, 0.3) is 0 Å². The van der Waals surface area contributed by atoms with Crippen molar-refractivity contribution in [3.8, 4) is 0 Å². The van der Waals surface area contributed by atoms with Crippen molar-refractivity contribution >= 4 is 11.6 Å². The predicted molar refractivity (Wildman–Crippen MR) is 115 cm³/mol. The van der Waals surface area contributed by atoms with E-state index in [1.807, 2.05) is 0 Å². The summed E-state index contributed by atoms with van der Waals surface area (Å²) < 4.78 is 39.7. The van der Waals surface area contributed by atoms with Crippen LogP contribution in [0.2, 0.25) is 0 Å². The molecule has 0 saturated heterocycles. The molecule has 0 amide bonds. The Morgan fingerprint density at radius 3 is 2.76 bits per heavy atom. The van der Waals surface area contributed by atoms with Gasteiger partial charge < -0.3 is 14.6 Å². The first-order valence-corrected chi connectivity index (χ1v) is 10.9. The Balaban J connectivity index is 0.000000152. The summed E-state index contributed by atoms with van der Waals surface area (Å²) in [5.74, 6) is 0.957. The van der Waals surface area contributed by atoms with Crippen LogP contribution in [0.15, 0.2) is 54.6 Å². The van der Waals surface area contributed by atoms with Crippen molar-refractivity contribution in [1.82, 2.24) is 30.4 Å². The van der Waals surface area contributed by atoms with E-state index in [1.54, 1.807) is 31.0 Å². The van der Waals surface area contributed by atoms with Crippen molar-refractivity contribution in [1.29, 1.82) is 0 Å². The summed E-state index contributed by atoms with van der Waals surface area (Å²) in [7, 11) is 0. The van der Waals surface area contributed by atoms with Crippen LogP contribution in [0.5, 0.6) is 0 Å². The SMILES string of the molecule is FC(F)(F)OC1=CC=CN2NCC=C12.O=C(c1cnc(N2CCc3nc[nH]c3C2)cn1)C1CC1. The maximum absolute atomic E-state index is 11.9. The van der Waals surface area contributed by atoms with E-state index >= 15 is 0 Å². The molecular formula is C22H22F3N7O2. The van der Waals surface area contributed by atoms with Crippen LogP contribution in [-0.2, 0) is 17.7 Å². The maximum atomic E-state index is 11.9. The molecule has 2 N–H and O–H groups in total. The lowest BCUT2D eigenvalue weighted by Crippen LogP contribution is -2.31. The summed E-state index contributed by atoms with van der Waals surface area (Å²) in [4.78, 5) is 30.2. The van der Waals surface area contributed by atoms with Crippen LogP contribution in [0.4, 0.5) is 19.0 Å². The lowest BCUT2D eigenvalue weighted by molar-refractivity contribution is -0.304. The highest BCUT2D eigenvalue weighted by Crippen LogP contribution is 2.32. The van der Waals surface area contributed by atoms with E-state index in [0.29, 0.717) is 17.9 Å². The van der Waals surface area contributed by atoms with E-state index in [2.05, 4.69) is 35.0 Å². The molecule has 4 aliphatic rings. The second-order valence-corrected chi connectivity index (χ2v) is 8.14. The third kappa shape index (κ3) is 4.96. The number of alkyl halides is 3. The largest absolute Gasteiger partial charge is 0.573 e. The predicted octanol–water partition coefficient (Wildman–Crippen LogP) is 2.99. The number of hydrogen-bond acceptors (Lipinski definition) is 8. The lowest BCUT2D eigenvalue weighted by Gasteiger charge is -2.26. The lowest BCUT2D eigenvalue weighted by atomic mass is 10.1. The van der Waals surface area contributed by atoms with Gasteiger partial charge in [-0.1, -0.05) is 0 Å². The number of hydrogen-bond donors (Lipinski definition) is 2. The van der Waals surface area contributed by atoms with Crippen LogP contribution >= 0.6 is 0 Å². The molecule has 3 aliphatic heterocycles. The number of anilines is 1. The molecule has 0 aromatic carbocycles. The molecule has 2 aromatic rings. The van der Waals surface area contributed by atoms with Crippen molar-refractivity contribution in [2.45, 2.75) is 32.2 Å². The molecule has 12 heteroatoms. The Bertz CT molecular complexity index is 1150. The van der Waals surface area contributed by atoms with E-state index in [0.717, 1.165) is 49.6 Å². The average Bonchev–Trinajstić information content (AvgIpc) is 3.36. The molecule has 9 nitrogen and oxygen atoms in total. The number of imidazole rings is 1. The van der Waals surface area contributed by atoms with Gasteiger partial charge in [-0.25, -0.2) is 20.4 Å². The number of allylic oxidation sites excluding steroid dienone is 2. The first-order valence-electron chi connectivity index (χ1n) is 10.9. The normalized spacial score (nSPS) is 18.9. The quantitative estimate of drug-likeness (QED) is 0.654. The van der Waals surface area contributed by atoms with Crippen LogP contribution in [0, 0.1) is 5.92 Å². The van der Waals surface area contributed by atoms with Crippen molar-refractivity contribution in [2.24, 2.45) is 5.92 Å². The molecule has 0 spiro atoms. The minimum Gasteiger partial charge on any atom is -0.404 e. The van der Waals surface area contributed by atoms with Crippen LogP contribution < -0.4 is 10.3 Å². The summed E-state index contributed by atoms with van der Waals surface area (Å²) in [5, 5.41) is 1.49. The number of aromatic amines is 1. The second-order valence-electron chi connectivity index (χ2n) is 8.14. The first-order chi connectivity index (χ1) is 16.4. The Morgan fingerprint density at radius 2 is 2.03 bits per heavy atom. The fourth-order valence-corrected chi connectivity index (χ4v) is 3.86. The van der Waals surface area contributed by atoms with Crippen molar-refractivity contribution in [3.05, 3.63) is 71.7 Å². The number of halogens is 3. The van der Waals surface area contributed by atoms with Crippen molar-refractivity contribution in [2.75, 3.05) is 18.0 Å². The zero-order valence-corrected chi connectivity index (χ0v) is 18.0. The van der Waals surface area contributed by atoms with Crippen LogP contribution in [0.3, 0.4) is 0 Å². The van der Waals surface area contributed by atoms with Gasteiger partial charge in [-0.05, 0) is 31.1 Å². The number of H-pyrrole nitrogens is 1. The number of Topliss-reactive ketones (excluding diaryl/α,β-unsaturated/α-hetero) is 1. The van der Waals surface area contributed by atoms with E-state index in [1.165, 1.54) is 17.2 Å². The molecule has 2 aromatic heterocycles. The number of fused-ring (bicyclic) bond motifs is 2. The highest BCUT2D eigenvalue weighted by atomic mass is 19.4. The summed E-state index contributed by atoms with van der Waals surface area (Å²) >= 11 is 0. The summed E-state index contributed by atoms with van der Waals surface area (Å²) in [6.07, 6.45) is 9.32. The van der Waals surface area contributed by atoms with Crippen molar-refractivity contribution in [3.63, 3.8) is 0 Å². The monoisotopic (exact) mass is 473 g/mol. The smallest absolute Gasteiger partial charge is 0.404 e. The maximum Gasteiger partial charge on any atom is 0.573 e. The van der Waals surface area contributed by atoms with Gasteiger partial charge >= 0.3 is 6.36 Å². The Labute approximate surface area is 193 Å². The fraction of sp³-hybridized carbons (Fsp3) is 0.364. The van der Waals surface area contributed by atoms with E-state index in [4.69, 9.17) is 0 Å². The van der Waals surface area contributed by atoms with Gasteiger partial charge in [0.05, 0.1) is 42.4 Å².